The molecule has 31 heavy (non-hydrogen) atoms. The molecule has 0 saturated carbocycles. The fourth-order valence-corrected chi connectivity index (χ4v) is 4.83. The summed E-state index contributed by atoms with van der Waals surface area (Å²) in [6, 6.07) is 9.55. The number of halogens is 2. The minimum absolute atomic E-state index is 0.262. The lowest BCUT2D eigenvalue weighted by atomic mass is 9.95. The molecular weight excluding hydrogens is 415 g/mol. The topological polar surface area (TPSA) is 50.1 Å². The van der Waals surface area contributed by atoms with Crippen molar-refractivity contribution in [3.8, 4) is 5.69 Å². The number of pyridine rings is 1. The molecule has 2 aliphatic rings. The molecule has 5 rings (SSSR count). The van der Waals surface area contributed by atoms with Gasteiger partial charge in [-0.25, -0.2) is 9.37 Å². The lowest BCUT2D eigenvalue weighted by molar-refractivity contribution is 0.201. The first kappa shape index (κ1) is 20.4. The van der Waals surface area contributed by atoms with E-state index in [0.29, 0.717) is 11.9 Å². The van der Waals surface area contributed by atoms with E-state index in [4.69, 9.17) is 11.6 Å². The van der Waals surface area contributed by atoms with E-state index >= 15 is 0 Å². The van der Waals surface area contributed by atoms with Crippen LogP contribution in [0.4, 0.5) is 10.2 Å². The van der Waals surface area contributed by atoms with E-state index in [1.165, 1.54) is 11.6 Å². The standard InChI is InChI=1S/C23H26ClFN6/c1-15(2)30-13-17-12-18(24)5-6-20(17)31-21(14-30)27-28-22(31)16-7-10-29(11-8-16)23-19(25)4-3-9-26-23/h3-6,9,12,15-16H,7-8,10-11,13-14H2,1-2H3. The maximum Gasteiger partial charge on any atom is 0.165 e. The van der Waals surface area contributed by atoms with Crippen LogP contribution in [0.2, 0.25) is 5.02 Å². The molecule has 3 aromatic rings. The Morgan fingerprint density at radius 2 is 1.90 bits per heavy atom. The lowest BCUT2D eigenvalue weighted by Crippen LogP contribution is -2.34. The highest BCUT2D eigenvalue weighted by Gasteiger charge is 2.31. The number of anilines is 1. The molecule has 1 fully saturated rings. The van der Waals surface area contributed by atoms with Gasteiger partial charge in [0, 0.05) is 42.8 Å². The predicted molar refractivity (Wildman–Crippen MR) is 119 cm³/mol. The van der Waals surface area contributed by atoms with Crippen LogP contribution in [0.25, 0.3) is 5.69 Å². The molecule has 2 aliphatic heterocycles. The van der Waals surface area contributed by atoms with Crippen molar-refractivity contribution in [2.75, 3.05) is 18.0 Å². The minimum Gasteiger partial charge on any atom is -0.354 e. The van der Waals surface area contributed by atoms with Gasteiger partial charge in [-0.2, -0.15) is 0 Å². The van der Waals surface area contributed by atoms with Crippen molar-refractivity contribution in [2.45, 2.75) is 51.7 Å². The van der Waals surface area contributed by atoms with E-state index in [-0.39, 0.29) is 11.7 Å². The van der Waals surface area contributed by atoms with Crippen LogP contribution in [0.1, 0.15) is 49.8 Å². The van der Waals surface area contributed by atoms with Gasteiger partial charge in [-0.1, -0.05) is 11.6 Å². The Hall–Kier alpha value is -2.51. The van der Waals surface area contributed by atoms with Crippen LogP contribution in [-0.2, 0) is 13.1 Å². The van der Waals surface area contributed by atoms with Gasteiger partial charge >= 0.3 is 0 Å². The number of fused-ring (bicyclic) bond motifs is 3. The predicted octanol–water partition coefficient (Wildman–Crippen LogP) is 4.56. The second kappa shape index (κ2) is 8.20. The first-order valence-electron chi connectivity index (χ1n) is 10.8. The Morgan fingerprint density at radius 3 is 2.65 bits per heavy atom. The average molecular weight is 441 g/mol. The van der Waals surface area contributed by atoms with E-state index in [0.717, 1.165) is 61.4 Å². The smallest absolute Gasteiger partial charge is 0.165 e. The fourth-order valence-electron chi connectivity index (χ4n) is 4.64. The van der Waals surface area contributed by atoms with E-state index in [1.807, 2.05) is 11.0 Å². The monoisotopic (exact) mass is 440 g/mol. The van der Waals surface area contributed by atoms with Crippen molar-refractivity contribution >= 4 is 17.4 Å². The summed E-state index contributed by atoms with van der Waals surface area (Å²) in [5.74, 6) is 2.39. The molecule has 4 heterocycles. The third-order valence-electron chi connectivity index (χ3n) is 6.38. The number of nitrogens with zero attached hydrogens (tertiary/aromatic N) is 6. The fraction of sp³-hybridized carbons (Fsp3) is 0.435. The molecule has 0 spiro atoms. The Balaban J connectivity index is 1.46. The molecule has 1 aromatic carbocycles. The number of rotatable bonds is 3. The summed E-state index contributed by atoms with van der Waals surface area (Å²) in [5.41, 5.74) is 2.30. The van der Waals surface area contributed by atoms with Crippen LogP contribution in [-0.4, -0.2) is 43.8 Å². The Labute approximate surface area is 186 Å². The largest absolute Gasteiger partial charge is 0.354 e. The first-order chi connectivity index (χ1) is 15.0. The van der Waals surface area contributed by atoms with Gasteiger partial charge in [0.1, 0.15) is 5.82 Å². The third-order valence-corrected chi connectivity index (χ3v) is 6.62. The summed E-state index contributed by atoms with van der Waals surface area (Å²) >= 11 is 6.33. The highest BCUT2D eigenvalue weighted by Crippen LogP contribution is 2.34. The first-order valence-corrected chi connectivity index (χ1v) is 11.2. The summed E-state index contributed by atoms with van der Waals surface area (Å²) in [7, 11) is 0. The maximum absolute atomic E-state index is 14.2. The van der Waals surface area contributed by atoms with Gasteiger partial charge in [-0.15, -0.1) is 10.2 Å². The number of hydrogen-bond acceptors (Lipinski definition) is 5. The number of benzene rings is 1. The maximum atomic E-state index is 14.2. The van der Waals surface area contributed by atoms with Crippen LogP contribution < -0.4 is 4.90 Å². The molecule has 162 valence electrons. The Morgan fingerprint density at radius 1 is 1.10 bits per heavy atom. The molecule has 1 saturated heterocycles. The second-order valence-electron chi connectivity index (χ2n) is 8.65. The van der Waals surface area contributed by atoms with Crippen molar-refractivity contribution < 1.29 is 4.39 Å². The van der Waals surface area contributed by atoms with Gasteiger partial charge in [0.2, 0.25) is 0 Å². The van der Waals surface area contributed by atoms with Gasteiger partial charge in [-0.05, 0) is 62.6 Å². The molecule has 0 N–H and O–H groups in total. The quantitative estimate of drug-likeness (QED) is 0.597. The zero-order chi connectivity index (χ0) is 21.5. The van der Waals surface area contributed by atoms with Gasteiger partial charge in [0.05, 0.1) is 12.2 Å². The van der Waals surface area contributed by atoms with Gasteiger partial charge in [0.25, 0.3) is 0 Å². The normalized spacial score (nSPS) is 17.5. The van der Waals surface area contributed by atoms with Crippen LogP contribution in [0.5, 0.6) is 0 Å². The molecule has 2 aromatic heterocycles. The minimum atomic E-state index is -0.267. The highest BCUT2D eigenvalue weighted by molar-refractivity contribution is 6.30. The number of aromatic nitrogens is 4. The summed E-state index contributed by atoms with van der Waals surface area (Å²) in [6.45, 7) is 7.45. The van der Waals surface area contributed by atoms with Crippen LogP contribution in [0.3, 0.4) is 0 Å². The van der Waals surface area contributed by atoms with Gasteiger partial charge < -0.3 is 4.90 Å². The molecule has 8 heteroatoms. The average Bonchev–Trinajstić information content (AvgIpc) is 3.10. The second-order valence-corrected chi connectivity index (χ2v) is 9.09. The van der Waals surface area contributed by atoms with E-state index in [2.05, 4.69) is 50.6 Å². The molecule has 0 unspecified atom stereocenters. The van der Waals surface area contributed by atoms with Crippen molar-refractivity contribution in [2.24, 2.45) is 0 Å². The highest BCUT2D eigenvalue weighted by atomic mass is 35.5. The van der Waals surface area contributed by atoms with Crippen molar-refractivity contribution in [3.63, 3.8) is 0 Å². The molecule has 6 nitrogen and oxygen atoms in total. The molecular formula is C23H26ClFN6. The summed E-state index contributed by atoms with van der Waals surface area (Å²) in [4.78, 5) is 8.65. The number of piperidine rings is 1. The Kier molecular flexibility index (Phi) is 5.40. The zero-order valence-electron chi connectivity index (χ0n) is 17.8. The SMILES string of the molecule is CC(C)N1Cc2cc(Cl)ccc2-n2c(nnc2C2CCN(c3ncccc3F)CC2)C1. The summed E-state index contributed by atoms with van der Waals surface area (Å²) in [6.07, 6.45) is 3.40. The van der Waals surface area contributed by atoms with Crippen molar-refractivity contribution in [3.05, 3.63) is 64.6 Å². The third kappa shape index (κ3) is 3.81. The lowest BCUT2D eigenvalue weighted by Gasteiger charge is -2.32. The van der Waals surface area contributed by atoms with Gasteiger partial charge in [0.15, 0.2) is 17.5 Å². The molecule has 0 aliphatic carbocycles. The molecule has 0 bridgehead atoms. The van der Waals surface area contributed by atoms with Gasteiger partial charge in [-0.3, -0.25) is 9.47 Å². The zero-order valence-corrected chi connectivity index (χ0v) is 18.6. The van der Waals surface area contributed by atoms with E-state index in [9.17, 15) is 4.39 Å². The number of hydrogen-bond donors (Lipinski definition) is 0. The van der Waals surface area contributed by atoms with E-state index < -0.39 is 0 Å². The van der Waals surface area contributed by atoms with Crippen molar-refractivity contribution in [1.29, 1.82) is 0 Å². The van der Waals surface area contributed by atoms with Crippen LogP contribution in [0, 0.1) is 5.82 Å². The van der Waals surface area contributed by atoms with E-state index in [1.54, 1.807) is 12.3 Å². The molecule has 0 atom stereocenters. The Bertz CT molecular complexity index is 1090. The van der Waals surface area contributed by atoms with Crippen LogP contribution >= 0.6 is 11.6 Å². The van der Waals surface area contributed by atoms with Crippen molar-refractivity contribution in [1.82, 2.24) is 24.6 Å². The summed E-state index contributed by atoms with van der Waals surface area (Å²) in [5, 5.41) is 9.97. The summed E-state index contributed by atoms with van der Waals surface area (Å²) < 4.78 is 16.4. The molecule has 0 radical (unpaired) electrons. The van der Waals surface area contributed by atoms with Crippen LogP contribution in [0.15, 0.2) is 36.5 Å². The molecule has 0 amide bonds.